The molecule has 0 spiro atoms. The van der Waals surface area contributed by atoms with Gasteiger partial charge in [-0.15, -0.1) is 0 Å². The van der Waals surface area contributed by atoms with Gasteiger partial charge in [-0.1, -0.05) is 32.9 Å². The van der Waals surface area contributed by atoms with Crippen molar-refractivity contribution in [3.05, 3.63) is 34.9 Å². The van der Waals surface area contributed by atoms with E-state index in [4.69, 9.17) is 9.16 Å². The molecule has 2 rings (SSSR count). The van der Waals surface area contributed by atoms with E-state index in [1.54, 1.807) is 0 Å². The summed E-state index contributed by atoms with van der Waals surface area (Å²) in [7, 11) is -1.71. The molecule has 0 saturated carbocycles. The molecule has 1 aromatic carbocycles. The Hall–Kier alpha value is -1.10. The Morgan fingerprint density at radius 2 is 1.87 bits per heavy atom. The van der Waals surface area contributed by atoms with Crippen molar-refractivity contribution < 1.29 is 14.3 Å². The molecule has 1 aliphatic carbocycles. The first-order chi connectivity index (χ1) is 10.7. The molecule has 3 nitrogen and oxygen atoms in total. The van der Waals surface area contributed by atoms with Crippen LogP contribution in [0, 0.1) is 0 Å². The van der Waals surface area contributed by atoms with Crippen LogP contribution >= 0.6 is 0 Å². The van der Waals surface area contributed by atoms with Gasteiger partial charge >= 0.3 is 0 Å². The molecule has 1 aromatic rings. The van der Waals surface area contributed by atoms with Crippen LogP contribution in [0.5, 0.6) is 5.75 Å². The molecule has 128 valence electrons. The highest BCUT2D eigenvalue weighted by Crippen LogP contribution is 2.36. The summed E-state index contributed by atoms with van der Waals surface area (Å²) in [5, 5.41) is 9.58. The number of benzene rings is 1. The number of aliphatic hydroxyl groups excluding tert-OH is 1. The van der Waals surface area contributed by atoms with E-state index in [9.17, 15) is 5.11 Å². The molecule has 0 amide bonds. The Morgan fingerprint density at radius 1 is 1.13 bits per heavy atom. The lowest BCUT2D eigenvalue weighted by Gasteiger charge is -2.36. The fraction of sp³-hybridized carbons (Fsp3) is 0.579. The molecular formula is C19H30O3Si. The van der Waals surface area contributed by atoms with Gasteiger partial charge in [0.05, 0.1) is 13.2 Å². The van der Waals surface area contributed by atoms with Crippen LogP contribution < -0.4 is 4.74 Å². The highest BCUT2D eigenvalue weighted by molar-refractivity contribution is 6.74. The summed E-state index contributed by atoms with van der Waals surface area (Å²) in [4.78, 5) is 0. The van der Waals surface area contributed by atoms with Gasteiger partial charge in [0.25, 0.3) is 0 Å². The van der Waals surface area contributed by atoms with Gasteiger partial charge in [-0.25, -0.2) is 0 Å². The Kier molecular flexibility index (Phi) is 5.71. The summed E-state index contributed by atoms with van der Waals surface area (Å²) < 4.78 is 12.1. The van der Waals surface area contributed by atoms with Crippen LogP contribution in [0.2, 0.25) is 18.1 Å². The molecule has 23 heavy (non-hydrogen) atoms. The molecule has 0 aliphatic heterocycles. The molecule has 0 radical (unpaired) electrons. The molecule has 0 unspecified atom stereocenters. The van der Waals surface area contributed by atoms with Crippen molar-refractivity contribution >= 4 is 14.4 Å². The average Bonchev–Trinajstić information content (AvgIpc) is 2.50. The van der Waals surface area contributed by atoms with Crippen LogP contribution in [0.25, 0.3) is 6.08 Å². The van der Waals surface area contributed by atoms with E-state index >= 15 is 0 Å². The lowest BCUT2D eigenvalue weighted by atomic mass is 9.92. The van der Waals surface area contributed by atoms with E-state index in [0.717, 1.165) is 29.7 Å². The quantitative estimate of drug-likeness (QED) is 0.618. The lowest BCUT2D eigenvalue weighted by molar-refractivity contribution is 0.203. The SMILES string of the molecule is CC(C)(C)[Si](C)(C)OCCOc1cccc2c1C=C(CO)CC2. The maximum atomic E-state index is 9.36. The van der Waals surface area contributed by atoms with Crippen LogP contribution in [0.15, 0.2) is 23.8 Å². The van der Waals surface area contributed by atoms with E-state index in [2.05, 4.69) is 46.0 Å². The van der Waals surface area contributed by atoms with E-state index in [-0.39, 0.29) is 11.6 Å². The lowest BCUT2D eigenvalue weighted by Crippen LogP contribution is -2.41. The van der Waals surface area contributed by atoms with Gasteiger partial charge in [0, 0.05) is 5.56 Å². The zero-order chi connectivity index (χ0) is 17.1. The van der Waals surface area contributed by atoms with Crippen molar-refractivity contribution in [2.45, 2.75) is 51.7 Å². The molecular weight excluding hydrogens is 304 g/mol. The van der Waals surface area contributed by atoms with Gasteiger partial charge in [-0.2, -0.15) is 0 Å². The van der Waals surface area contributed by atoms with Gasteiger partial charge < -0.3 is 14.3 Å². The molecule has 1 aliphatic rings. The van der Waals surface area contributed by atoms with Crippen LogP contribution in [-0.2, 0) is 10.8 Å². The molecule has 4 heteroatoms. The van der Waals surface area contributed by atoms with E-state index < -0.39 is 8.32 Å². The average molecular weight is 335 g/mol. The maximum Gasteiger partial charge on any atom is 0.192 e. The van der Waals surface area contributed by atoms with Crippen LogP contribution in [0.3, 0.4) is 0 Å². The predicted molar refractivity (Wildman–Crippen MR) is 98.5 cm³/mol. The smallest absolute Gasteiger partial charge is 0.192 e. The zero-order valence-corrected chi connectivity index (χ0v) is 16.1. The summed E-state index contributed by atoms with van der Waals surface area (Å²) in [5.74, 6) is 0.895. The minimum atomic E-state index is -1.71. The maximum absolute atomic E-state index is 9.36. The number of hydrogen-bond donors (Lipinski definition) is 1. The Morgan fingerprint density at radius 3 is 2.52 bits per heavy atom. The minimum absolute atomic E-state index is 0.127. The highest BCUT2D eigenvalue weighted by Gasteiger charge is 2.36. The zero-order valence-electron chi connectivity index (χ0n) is 15.1. The Labute approximate surface area is 141 Å². The van der Waals surface area contributed by atoms with E-state index in [1.165, 1.54) is 5.56 Å². The number of aliphatic hydroxyl groups is 1. The fourth-order valence-electron chi connectivity index (χ4n) is 2.46. The number of fused-ring (bicyclic) bond motifs is 1. The van der Waals surface area contributed by atoms with Crippen LogP contribution in [0.1, 0.15) is 38.3 Å². The third-order valence-corrected chi connectivity index (χ3v) is 9.57. The van der Waals surface area contributed by atoms with Crippen molar-refractivity contribution in [2.24, 2.45) is 0 Å². The van der Waals surface area contributed by atoms with E-state index in [0.29, 0.717) is 13.2 Å². The van der Waals surface area contributed by atoms with Crippen LogP contribution in [0.4, 0.5) is 0 Å². The first-order valence-electron chi connectivity index (χ1n) is 8.43. The molecule has 0 heterocycles. The first kappa shape index (κ1) is 18.2. The first-order valence-corrected chi connectivity index (χ1v) is 11.3. The summed E-state index contributed by atoms with van der Waals surface area (Å²) in [6.45, 7) is 12.6. The molecule has 0 aromatic heterocycles. The minimum Gasteiger partial charge on any atom is -0.491 e. The Balaban J connectivity index is 1.97. The third-order valence-electron chi connectivity index (χ3n) is 5.03. The second kappa shape index (κ2) is 7.20. The summed E-state index contributed by atoms with van der Waals surface area (Å²) in [5.41, 5.74) is 3.49. The van der Waals surface area contributed by atoms with Gasteiger partial charge in [-0.3, -0.25) is 0 Å². The second-order valence-corrected chi connectivity index (χ2v) is 12.6. The standard InChI is InChI=1S/C19H30O3Si/c1-19(2,3)23(4,5)22-12-11-21-18-8-6-7-16-10-9-15(14-20)13-17(16)18/h6-8,13,20H,9-12,14H2,1-5H3. The highest BCUT2D eigenvalue weighted by atomic mass is 28.4. The monoisotopic (exact) mass is 334 g/mol. The number of aryl methyl sites for hydroxylation is 1. The molecule has 0 saturated heterocycles. The number of rotatable bonds is 6. The van der Waals surface area contributed by atoms with Gasteiger partial charge in [0.15, 0.2) is 8.32 Å². The molecule has 1 N–H and O–H groups in total. The fourth-order valence-corrected chi connectivity index (χ4v) is 3.48. The summed E-state index contributed by atoms with van der Waals surface area (Å²) in [6, 6.07) is 6.18. The van der Waals surface area contributed by atoms with Crippen LogP contribution in [-0.4, -0.2) is 33.2 Å². The molecule has 0 fully saturated rings. The van der Waals surface area contributed by atoms with Crippen molar-refractivity contribution in [1.82, 2.24) is 0 Å². The van der Waals surface area contributed by atoms with Crippen molar-refractivity contribution in [3.63, 3.8) is 0 Å². The number of hydrogen-bond acceptors (Lipinski definition) is 3. The van der Waals surface area contributed by atoms with Gasteiger partial charge in [0.1, 0.15) is 12.4 Å². The summed E-state index contributed by atoms with van der Waals surface area (Å²) in [6.07, 6.45) is 3.98. The molecule has 0 bridgehead atoms. The van der Waals surface area contributed by atoms with E-state index in [1.807, 2.05) is 12.1 Å². The normalized spacial score (nSPS) is 15.1. The second-order valence-electron chi connectivity index (χ2n) is 7.75. The molecule has 0 atom stereocenters. The van der Waals surface area contributed by atoms with Gasteiger partial charge in [0.2, 0.25) is 0 Å². The predicted octanol–water partition coefficient (Wildman–Crippen LogP) is 4.41. The summed E-state index contributed by atoms with van der Waals surface area (Å²) >= 11 is 0. The van der Waals surface area contributed by atoms with Crippen molar-refractivity contribution in [1.29, 1.82) is 0 Å². The topological polar surface area (TPSA) is 38.7 Å². The largest absolute Gasteiger partial charge is 0.491 e. The van der Waals surface area contributed by atoms with Crippen molar-refractivity contribution in [3.8, 4) is 5.75 Å². The Bertz CT molecular complexity index is 570. The third kappa shape index (κ3) is 4.46. The van der Waals surface area contributed by atoms with Crippen molar-refractivity contribution in [2.75, 3.05) is 19.8 Å². The van der Waals surface area contributed by atoms with Gasteiger partial charge in [-0.05, 0) is 54.3 Å². The number of ether oxygens (including phenoxy) is 1.